The van der Waals surface area contributed by atoms with Crippen molar-refractivity contribution in [1.29, 1.82) is 0 Å². The summed E-state index contributed by atoms with van der Waals surface area (Å²) in [5, 5.41) is 12.9. The van der Waals surface area contributed by atoms with Crippen molar-refractivity contribution >= 4 is 0 Å². The standard InChI is InChI=1S/C9H14F2N2O/c1-6(2)5-13-4-3-7(12-13)8(14)9(10)11/h3-4,6,8-9,14H,5H2,1-2H3. The lowest BCUT2D eigenvalue weighted by Gasteiger charge is -2.06. The second-order valence-electron chi connectivity index (χ2n) is 3.64. The lowest BCUT2D eigenvalue weighted by molar-refractivity contribution is -0.00857. The van der Waals surface area contributed by atoms with Gasteiger partial charge in [-0.25, -0.2) is 8.78 Å². The molecule has 0 amide bonds. The Morgan fingerprint density at radius 1 is 1.50 bits per heavy atom. The molecule has 80 valence electrons. The molecule has 0 aliphatic heterocycles. The van der Waals surface area contributed by atoms with E-state index in [1.54, 1.807) is 10.9 Å². The molecule has 1 atom stereocenters. The topological polar surface area (TPSA) is 38.0 Å². The molecule has 0 spiro atoms. The molecular weight excluding hydrogens is 190 g/mol. The summed E-state index contributed by atoms with van der Waals surface area (Å²) >= 11 is 0. The van der Waals surface area contributed by atoms with Crippen molar-refractivity contribution in [3.8, 4) is 0 Å². The summed E-state index contributed by atoms with van der Waals surface area (Å²) in [5.74, 6) is 0.395. The van der Waals surface area contributed by atoms with Crippen LogP contribution in [0.5, 0.6) is 0 Å². The van der Waals surface area contributed by atoms with Crippen molar-refractivity contribution in [2.75, 3.05) is 0 Å². The average molecular weight is 204 g/mol. The van der Waals surface area contributed by atoms with Crippen LogP contribution in [0, 0.1) is 5.92 Å². The molecule has 0 radical (unpaired) electrons. The van der Waals surface area contributed by atoms with E-state index in [2.05, 4.69) is 5.10 Å². The van der Waals surface area contributed by atoms with Crippen molar-refractivity contribution in [1.82, 2.24) is 9.78 Å². The van der Waals surface area contributed by atoms with Crippen molar-refractivity contribution in [2.45, 2.75) is 32.9 Å². The summed E-state index contributed by atoms with van der Waals surface area (Å²) < 4.78 is 25.7. The normalized spacial score (nSPS) is 13.9. The molecule has 0 saturated heterocycles. The molecule has 1 aromatic rings. The molecule has 0 bridgehead atoms. The monoisotopic (exact) mass is 204 g/mol. The fourth-order valence-electron chi connectivity index (χ4n) is 1.14. The van der Waals surface area contributed by atoms with E-state index >= 15 is 0 Å². The Balaban J connectivity index is 2.67. The number of aliphatic hydroxyl groups is 1. The second-order valence-corrected chi connectivity index (χ2v) is 3.64. The molecular formula is C9H14F2N2O. The number of alkyl halides is 2. The van der Waals surface area contributed by atoms with E-state index in [-0.39, 0.29) is 5.69 Å². The Labute approximate surface area is 81.4 Å². The van der Waals surface area contributed by atoms with Crippen molar-refractivity contribution in [3.05, 3.63) is 18.0 Å². The SMILES string of the molecule is CC(C)Cn1ccc(C(O)C(F)F)n1. The third kappa shape index (κ3) is 2.77. The Kier molecular flexibility index (Phi) is 3.57. The van der Waals surface area contributed by atoms with E-state index < -0.39 is 12.5 Å². The number of halogens is 2. The van der Waals surface area contributed by atoms with Gasteiger partial charge in [0.15, 0.2) is 6.10 Å². The van der Waals surface area contributed by atoms with E-state index in [1.165, 1.54) is 6.07 Å². The minimum absolute atomic E-state index is 0.0284. The highest BCUT2D eigenvalue weighted by Crippen LogP contribution is 2.18. The summed E-state index contributed by atoms with van der Waals surface area (Å²) in [6, 6.07) is 1.42. The van der Waals surface area contributed by atoms with Gasteiger partial charge in [-0.05, 0) is 12.0 Å². The maximum atomic E-state index is 12.1. The molecule has 1 aromatic heterocycles. The molecule has 1 N–H and O–H groups in total. The first-order valence-corrected chi connectivity index (χ1v) is 4.50. The zero-order valence-corrected chi connectivity index (χ0v) is 8.19. The van der Waals surface area contributed by atoms with Gasteiger partial charge < -0.3 is 5.11 Å². The Morgan fingerprint density at radius 3 is 2.64 bits per heavy atom. The van der Waals surface area contributed by atoms with Crippen molar-refractivity contribution < 1.29 is 13.9 Å². The lowest BCUT2D eigenvalue weighted by Crippen LogP contribution is -2.11. The smallest absolute Gasteiger partial charge is 0.269 e. The molecule has 1 heterocycles. The van der Waals surface area contributed by atoms with Crippen LogP contribution in [-0.2, 0) is 6.54 Å². The number of nitrogens with zero attached hydrogens (tertiary/aromatic N) is 2. The Morgan fingerprint density at radius 2 is 2.14 bits per heavy atom. The number of rotatable bonds is 4. The van der Waals surface area contributed by atoms with Crippen LogP contribution in [0.25, 0.3) is 0 Å². The number of aliphatic hydroxyl groups excluding tert-OH is 1. The van der Waals surface area contributed by atoms with E-state index in [9.17, 15) is 8.78 Å². The minimum Gasteiger partial charge on any atom is -0.381 e. The van der Waals surface area contributed by atoms with Crippen LogP contribution in [0.4, 0.5) is 8.78 Å². The van der Waals surface area contributed by atoms with Gasteiger partial charge in [0, 0.05) is 12.7 Å². The molecule has 0 aromatic carbocycles. The zero-order chi connectivity index (χ0) is 10.7. The second kappa shape index (κ2) is 4.50. The van der Waals surface area contributed by atoms with Gasteiger partial charge in [-0.2, -0.15) is 5.10 Å². The van der Waals surface area contributed by atoms with E-state index in [0.29, 0.717) is 12.5 Å². The summed E-state index contributed by atoms with van der Waals surface area (Å²) in [4.78, 5) is 0. The van der Waals surface area contributed by atoms with Gasteiger partial charge >= 0.3 is 0 Å². The van der Waals surface area contributed by atoms with Gasteiger partial charge in [-0.3, -0.25) is 4.68 Å². The predicted octanol–water partition coefficient (Wildman–Crippen LogP) is 1.84. The van der Waals surface area contributed by atoms with E-state index in [1.807, 2.05) is 13.8 Å². The van der Waals surface area contributed by atoms with Crippen LogP contribution >= 0.6 is 0 Å². The maximum Gasteiger partial charge on any atom is 0.269 e. The number of hydrogen-bond donors (Lipinski definition) is 1. The van der Waals surface area contributed by atoms with E-state index in [0.717, 1.165) is 0 Å². The van der Waals surface area contributed by atoms with Gasteiger partial charge in [0.1, 0.15) is 0 Å². The Bertz CT molecular complexity index is 286. The van der Waals surface area contributed by atoms with Gasteiger partial charge in [0.25, 0.3) is 6.43 Å². The molecule has 14 heavy (non-hydrogen) atoms. The highest BCUT2D eigenvalue weighted by atomic mass is 19.3. The summed E-state index contributed by atoms with van der Waals surface area (Å²) in [7, 11) is 0. The molecule has 0 saturated carbocycles. The molecule has 5 heteroatoms. The van der Waals surface area contributed by atoms with Gasteiger partial charge in [-0.15, -0.1) is 0 Å². The van der Waals surface area contributed by atoms with Crippen molar-refractivity contribution in [2.24, 2.45) is 5.92 Å². The predicted molar refractivity (Wildman–Crippen MR) is 48.0 cm³/mol. The average Bonchev–Trinajstić information content (AvgIpc) is 2.50. The molecule has 3 nitrogen and oxygen atoms in total. The molecule has 0 aliphatic rings. The summed E-state index contributed by atoms with van der Waals surface area (Å²) in [6.07, 6.45) is -2.96. The maximum absolute atomic E-state index is 12.1. The first kappa shape index (κ1) is 11.1. The fraction of sp³-hybridized carbons (Fsp3) is 0.667. The van der Waals surface area contributed by atoms with Crippen LogP contribution in [0.1, 0.15) is 25.6 Å². The third-order valence-electron chi connectivity index (χ3n) is 1.76. The molecule has 1 rings (SSSR count). The number of aromatic nitrogens is 2. The highest BCUT2D eigenvalue weighted by Gasteiger charge is 2.21. The molecule has 0 aliphatic carbocycles. The first-order valence-electron chi connectivity index (χ1n) is 4.50. The van der Waals surface area contributed by atoms with Gasteiger partial charge in [0.05, 0.1) is 5.69 Å². The van der Waals surface area contributed by atoms with Crippen LogP contribution in [0.2, 0.25) is 0 Å². The third-order valence-corrected chi connectivity index (χ3v) is 1.76. The zero-order valence-electron chi connectivity index (χ0n) is 8.19. The molecule has 1 unspecified atom stereocenters. The lowest BCUT2D eigenvalue weighted by atomic mass is 10.2. The largest absolute Gasteiger partial charge is 0.381 e. The van der Waals surface area contributed by atoms with Crippen LogP contribution in [0.15, 0.2) is 12.3 Å². The minimum atomic E-state index is -2.78. The number of hydrogen-bond acceptors (Lipinski definition) is 2. The quantitative estimate of drug-likeness (QED) is 0.812. The highest BCUT2D eigenvalue weighted by molar-refractivity contribution is 5.03. The fourth-order valence-corrected chi connectivity index (χ4v) is 1.14. The first-order chi connectivity index (χ1) is 6.50. The Hall–Kier alpha value is -0.970. The van der Waals surface area contributed by atoms with Gasteiger partial charge in [0.2, 0.25) is 0 Å². The van der Waals surface area contributed by atoms with Crippen molar-refractivity contribution in [3.63, 3.8) is 0 Å². The van der Waals surface area contributed by atoms with Crippen LogP contribution in [-0.4, -0.2) is 21.3 Å². The molecule has 0 fully saturated rings. The summed E-state index contributed by atoms with van der Waals surface area (Å²) in [6.45, 7) is 4.67. The van der Waals surface area contributed by atoms with Crippen LogP contribution in [0.3, 0.4) is 0 Å². The van der Waals surface area contributed by atoms with Gasteiger partial charge in [-0.1, -0.05) is 13.8 Å². The van der Waals surface area contributed by atoms with E-state index in [4.69, 9.17) is 5.11 Å². The van der Waals surface area contributed by atoms with Crippen LogP contribution < -0.4 is 0 Å². The summed E-state index contributed by atoms with van der Waals surface area (Å²) in [5.41, 5.74) is 0.0284.